The number of fused-ring (bicyclic) bond motifs is 1. The number of nitrogens with one attached hydrogen (secondary N) is 2. The van der Waals surface area contributed by atoms with Gasteiger partial charge in [0, 0.05) is 24.4 Å². The van der Waals surface area contributed by atoms with Crippen LogP contribution in [0.2, 0.25) is 0 Å². The third-order valence-electron chi connectivity index (χ3n) is 3.11. The number of hydrogen-bond acceptors (Lipinski definition) is 2. The van der Waals surface area contributed by atoms with E-state index in [1.807, 2.05) is 18.2 Å². The topological polar surface area (TPSA) is 65.1 Å². The van der Waals surface area contributed by atoms with E-state index >= 15 is 0 Å². The maximum absolute atomic E-state index is 10.9. The van der Waals surface area contributed by atoms with Crippen molar-refractivity contribution in [1.29, 1.82) is 0 Å². The number of benzene rings is 1. The second-order valence-electron chi connectivity index (χ2n) is 4.63. The molecular formula is C14H17IN2O2. The van der Waals surface area contributed by atoms with Crippen LogP contribution in [0.15, 0.2) is 18.2 Å². The van der Waals surface area contributed by atoms with Crippen molar-refractivity contribution in [2.24, 2.45) is 0 Å². The van der Waals surface area contributed by atoms with Crippen molar-refractivity contribution >= 4 is 39.4 Å². The average molecular weight is 372 g/mol. The van der Waals surface area contributed by atoms with Crippen LogP contribution in [0.25, 0.3) is 10.9 Å². The molecule has 102 valence electrons. The first-order valence-corrected chi connectivity index (χ1v) is 7.29. The van der Waals surface area contributed by atoms with Gasteiger partial charge in [0.2, 0.25) is 5.91 Å². The van der Waals surface area contributed by atoms with Crippen molar-refractivity contribution in [3.05, 3.63) is 33.0 Å². The normalized spacial score (nSPS) is 12.6. The first-order valence-electron chi connectivity index (χ1n) is 6.21. The van der Waals surface area contributed by atoms with Crippen molar-refractivity contribution in [2.75, 3.05) is 6.54 Å². The maximum Gasteiger partial charge on any atom is 0.216 e. The van der Waals surface area contributed by atoms with Crippen LogP contribution in [-0.4, -0.2) is 22.5 Å². The number of aromatic nitrogens is 1. The third-order valence-corrected chi connectivity index (χ3v) is 4.03. The van der Waals surface area contributed by atoms with Gasteiger partial charge in [-0.15, -0.1) is 0 Å². The lowest BCUT2D eigenvalue weighted by molar-refractivity contribution is -0.118. The lowest BCUT2D eigenvalue weighted by Crippen LogP contribution is -2.22. The zero-order valence-corrected chi connectivity index (χ0v) is 13.1. The fraction of sp³-hybridized carbons (Fsp3) is 0.357. The van der Waals surface area contributed by atoms with Crippen LogP contribution in [0.4, 0.5) is 0 Å². The summed E-state index contributed by atoms with van der Waals surface area (Å²) in [6.45, 7) is 3.90. The second-order valence-corrected chi connectivity index (χ2v) is 5.71. The molecule has 1 aromatic heterocycles. The molecule has 1 aromatic carbocycles. The quantitative estimate of drug-likeness (QED) is 0.723. The van der Waals surface area contributed by atoms with E-state index in [0.717, 1.165) is 26.6 Å². The molecule has 0 fully saturated rings. The predicted molar refractivity (Wildman–Crippen MR) is 84.0 cm³/mol. The molecule has 2 aromatic rings. The first-order chi connectivity index (χ1) is 8.99. The number of halogens is 1. The van der Waals surface area contributed by atoms with Gasteiger partial charge in [-0.1, -0.05) is 6.07 Å². The minimum Gasteiger partial charge on any atom is -0.389 e. The first kappa shape index (κ1) is 14.3. The van der Waals surface area contributed by atoms with E-state index in [2.05, 4.69) is 32.9 Å². The Labute approximate surface area is 125 Å². The number of aliphatic hydroxyl groups is 1. The summed E-state index contributed by atoms with van der Waals surface area (Å²) in [6, 6.07) is 5.93. The molecule has 19 heavy (non-hydrogen) atoms. The molecule has 0 spiro atoms. The Morgan fingerprint density at radius 2 is 2.26 bits per heavy atom. The van der Waals surface area contributed by atoms with E-state index in [4.69, 9.17) is 0 Å². The molecule has 1 atom stereocenters. The molecule has 5 heteroatoms. The summed E-state index contributed by atoms with van der Waals surface area (Å²) in [6.07, 6.45) is 0.307. The molecule has 0 aliphatic rings. The number of carbonyl (C=O) groups excluding carboxylic acids is 1. The second kappa shape index (κ2) is 5.92. The molecule has 0 aliphatic heterocycles. The molecule has 2 rings (SSSR count). The zero-order chi connectivity index (χ0) is 14.0. The predicted octanol–water partition coefficient (Wildman–Crippen LogP) is 2.50. The molecule has 0 saturated heterocycles. The monoisotopic (exact) mass is 372 g/mol. The molecule has 3 N–H and O–H groups in total. The van der Waals surface area contributed by atoms with Crippen molar-refractivity contribution in [3.63, 3.8) is 0 Å². The number of aliphatic hydroxyl groups excluding tert-OH is 1. The summed E-state index contributed by atoms with van der Waals surface area (Å²) >= 11 is 2.27. The number of amides is 1. The fourth-order valence-electron chi connectivity index (χ4n) is 2.10. The molecule has 0 saturated carbocycles. The van der Waals surface area contributed by atoms with Crippen LogP contribution in [0.1, 0.15) is 31.1 Å². The molecule has 0 aliphatic carbocycles. The van der Waals surface area contributed by atoms with E-state index in [0.29, 0.717) is 6.54 Å². The van der Waals surface area contributed by atoms with E-state index in [-0.39, 0.29) is 5.91 Å². The zero-order valence-electron chi connectivity index (χ0n) is 11.0. The number of aromatic amines is 1. The van der Waals surface area contributed by atoms with Crippen LogP contribution < -0.4 is 5.32 Å². The maximum atomic E-state index is 10.9. The Kier molecular flexibility index (Phi) is 4.46. The summed E-state index contributed by atoms with van der Waals surface area (Å²) in [5.41, 5.74) is 3.15. The standard InChI is InChI=1S/C14H17IN2O2/c1-8(18)10-3-4-13-12(7-10)11(14(15)17-13)5-6-16-9(2)19/h3-4,7-8,17-18H,5-6H2,1-2H3,(H,16,19). The molecular weight excluding hydrogens is 355 g/mol. The molecule has 1 unspecified atom stereocenters. The van der Waals surface area contributed by atoms with Gasteiger partial charge in [-0.05, 0) is 59.2 Å². The van der Waals surface area contributed by atoms with Gasteiger partial charge in [0.05, 0.1) is 9.80 Å². The highest BCUT2D eigenvalue weighted by Crippen LogP contribution is 2.27. The van der Waals surface area contributed by atoms with Crippen molar-refractivity contribution in [2.45, 2.75) is 26.4 Å². The summed E-state index contributed by atoms with van der Waals surface area (Å²) in [4.78, 5) is 14.2. The highest BCUT2D eigenvalue weighted by Gasteiger charge is 2.11. The number of H-pyrrole nitrogens is 1. The van der Waals surface area contributed by atoms with Crippen molar-refractivity contribution in [1.82, 2.24) is 10.3 Å². The van der Waals surface area contributed by atoms with E-state index < -0.39 is 6.10 Å². The minimum absolute atomic E-state index is 0.0143. The van der Waals surface area contributed by atoms with Gasteiger partial charge < -0.3 is 15.4 Å². The Morgan fingerprint density at radius 1 is 1.53 bits per heavy atom. The van der Waals surface area contributed by atoms with E-state index in [9.17, 15) is 9.90 Å². The number of carbonyl (C=O) groups is 1. The molecule has 0 radical (unpaired) electrons. The van der Waals surface area contributed by atoms with E-state index in [1.165, 1.54) is 12.5 Å². The molecule has 0 bridgehead atoms. The van der Waals surface area contributed by atoms with Gasteiger partial charge in [0.25, 0.3) is 0 Å². The summed E-state index contributed by atoms with van der Waals surface area (Å²) in [7, 11) is 0. The summed E-state index contributed by atoms with van der Waals surface area (Å²) < 4.78 is 1.08. The number of rotatable bonds is 4. The minimum atomic E-state index is -0.472. The average Bonchev–Trinajstić information content (AvgIpc) is 2.64. The summed E-state index contributed by atoms with van der Waals surface area (Å²) in [5, 5.41) is 13.6. The Bertz CT molecular complexity index is 605. The Balaban J connectivity index is 2.32. The largest absolute Gasteiger partial charge is 0.389 e. The van der Waals surface area contributed by atoms with Gasteiger partial charge in [-0.25, -0.2) is 0 Å². The smallest absolute Gasteiger partial charge is 0.216 e. The fourth-order valence-corrected chi connectivity index (χ4v) is 2.95. The molecule has 1 amide bonds. The van der Waals surface area contributed by atoms with Gasteiger partial charge in [-0.3, -0.25) is 4.79 Å². The number of hydrogen-bond donors (Lipinski definition) is 3. The molecule has 1 heterocycles. The Morgan fingerprint density at radius 3 is 2.89 bits per heavy atom. The van der Waals surface area contributed by atoms with Gasteiger partial charge >= 0.3 is 0 Å². The highest BCUT2D eigenvalue weighted by molar-refractivity contribution is 14.1. The molecule has 4 nitrogen and oxygen atoms in total. The SMILES string of the molecule is CC(=O)NCCc1c(I)[nH]c2ccc(C(C)O)cc12. The van der Waals surface area contributed by atoms with Crippen LogP contribution in [-0.2, 0) is 11.2 Å². The third kappa shape index (κ3) is 3.27. The van der Waals surface area contributed by atoms with Gasteiger partial charge in [-0.2, -0.15) is 0 Å². The van der Waals surface area contributed by atoms with E-state index in [1.54, 1.807) is 6.92 Å². The van der Waals surface area contributed by atoms with Crippen LogP contribution in [0.5, 0.6) is 0 Å². The van der Waals surface area contributed by atoms with Gasteiger partial charge in [0.1, 0.15) is 0 Å². The van der Waals surface area contributed by atoms with Crippen LogP contribution >= 0.6 is 22.6 Å². The van der Waals surface area contributed by atoms with Crippen molar-refractivity contribution in [3.8, 4) is 0 Å². The lowest BCUT2D eigenvalue weighted by atomic mass is 10.0. The van der Waals surface area contributed by atoms with Gasteiger partial charge in [0.15, 0.2) is 0 Å². The lowest BCUT2D eigenvalue weighted by Gasteiger charge is -2.06. The highest BCUT2D eigenvalue weighted by atomic mass is 127. The Hall–Kier alpha value is -1.08. The van der Waals surface area contributed by atoms with Crippen molar-refractivity contribution < 1.29 is 9.90 Å². The van der Waals surface area contributed by atoms with Crippen LogP contribution in [0, 0.1) is 3.70 Å². The van der Waals surface area contributed by atoms with Crippen LogP contribution in [0.3, 0.4) is 0 Å². The summed E-state index contributed by atoms with van der Waals surface area (Å²) in [5.74, 6) is -0.0143.